The number of esters is 10. The van der Waals surface area contributed by atoms with Gasteiger partial charge < -0.3 is 52.5 Å². The smallest absolute Gasteiger partial charge is 0.351 e. The fraction of sp³-hybridized carbons (Fsp3) is 0.761. The molecule has 0 spiro atoms. The second-order valence-electron chi connectivity index (χ2n) is 50.6. The van der Waals surface area contributed by atoms with Crippen LogP contribution in [0, 0.1) is 134 Å². The molecule has 139 heavy (non-hydrogen) atoms. The van der Waals surface area contributed by atoms with Crippen molar-refractivity contribution in [2.75, 3.05) is 19.8 Å². The molecule has 3 aromatic rings. The van der Waals surface area contributed by atoms with Crippen molar-refractivity contribution in [2.24, 2.45) is 120 Å². The van der Waals surface area contributed by atoms with Gasteiger partial charge in [0.1, 0.15) is 48.0 Å². The summed E-state index contributed by atoms with van der Waals surface area (Å²) in [5.41, 5.74) is -4.04. The number of aliphatic hydroxyl groups is 1. The molecule has 0 aromatic heterocycles. The second kappa shape index (κ2) is 42.0. The molecule has 3 saturated heterocycles. The fourth-order valence-electron chi connectivity index (χ4n) is 27.6. The van der Waals surface area contributed by atoms with Crippen molar-refractivity contribution in [1.82, 2.24) is 0 Å². The number of rotatable bonds is 28. The lowest BCUT2D eigenvalue weighted by atomic mass is 9.45. The highest BCUT2D eigenvalue weighted by Crippen LogP contribution is 2.68. The molecule has 3 aromatic carbocycles. The van der Waals surface area contributed by atoms with E-state index in [2.05, 4.69) is 121 Å². The minimum Gasteiger partial charge on any atom is -0.462 e. The van der Waals surface area contributed by atoms with Crippen molar-refractivity contribution in [2.45, 2.75) is 439 Å². The van der Waals surface area contributed by atoms with Gasteiger partial charge in [-0.25, -0.2) is 9.59 Å². The third-order valence-electron chi connectivity index (χ3n) is 38.1. The van der Waals surface area contributed by atoms with Gasteiger partial charge in [-0.1, -0.05) is 106 Å². The molecule has 19 aliphatic rings. The molecule has 0 amide bonds. The average Bonchev–Trinajstić information content (AvgIpc) is 1.52. The molecule has 22 rings (SSSR count). The van der Waals surface area contributed by atoms with E-state index in [1.807, 2.05) is 90.0 Å². The van der Waals surface area contributed by atoms with Crippen LogP contribution in [0.2, 0.25) is 0 Å². The number of aryl methyl sites for hydroxylation is 2. The molecule has 21 nitrogen and oxygen atoms in total. The third-order valence-corrected chi connectivity index (χ3v) is 40.3. The Morgan fingerprint density at radius 1 is 0.475 bits per heavy atom. The van der Waals surface area contributed by atoms with E-state index < -0.39 is 62.3 Å². The Morgan fingerprint density at radius 2 is 0.928 bits per heavy atom. The number of hydrogen-bond donors (Lipinski definition) is 1. The third kappa shape index (κ3) is 22.9. The number of hydrogen-bond acceptors (Lipinski definition) is 21. The van der Waals surface area contributed by atoms with E-state index in [4.69, 9.17) is 47.4 Å². The first-order valence-electron chi connectivity index (χ1n) is 53.8. The van der Waals surface area contributed by atoms with E-state index in [1.165, 1.54) is 91.7 Å². The minimum atomic E-state index is -1.23. The van der Waals surface area contributed by atoms with Crippen LogP contribution in [-0.2, 0) is 101 Å². The zero-order valence-electron chi connectivity index (χ0n) is 89.2. The van der Waals surface area contributed by atoms with Gasteiger partial charge in [0.25, 0.3) is 0 Å². The molecular weight excluding hydrogens is 1770 g/mol. The van der Waals surface area contributed by atoms with Crippen LogP contribution in [0.15, 0.2) is 87.5 Å². The summed E-state index contributed by atoms with van der Waals surface area (Å²) in [5, 5.41) is 10.6. The summed E-state index contributed by atoms with van der Waals surface area (Å²) in [4.78, 5) is 127. The largest absolute Gasteiger partial charge is 0.462 e. The second-order valence-corrected chi connectivity index (χ2v) is 52.6. The fourth-order valence-corrected chi connectivity index (χ4v) is 29.8. The van der Waals surface area contributed by atoms with Crippen LogP contribution in [-0.4, -0.2) is 125 Å². The van der Waals surface area contributed by atoms with E-state index in [1.54, 1.807) is 27.7 Å². The minimum absolute atomic E-state index is 0.00424. The number of ether oxygens (including phenoxy) is 10. The molecule has 10 unspecified atom stereocenters. The Kier molecular flexibility index (Phi) is 32.9. The molecule has 3 aliphatic heterocycles. The van der Waals surface area contributed by atoms with E-state index in [0.717, 1.165) is 162 Å². The van der Waals surface area contributed by atoms with Crippen LogP contribution in [0.25, 0.3) is 0 Å². The molecule has 3 heterocycles. The van der Waals surface area contributed by atoms with E-state index in [9.17, 15) is 53.1 Å². The average molecular weight is 1950 g/mol. The first-order chi connectivity index (χ1) is 65.1. The quantitative estimate of drug-likeness (QED) is 0.0232. The molecule has 22 heteroatoms. The van der Waals surface area contributed by atoms with Gasteiger partial charge in [0.05, 0.1) is 60.3 Å². The SMILES string of the molecule is CCC(C)(C)C(=O)OC(C)(CC)C12CC3CC(CC(C3)C1)C2.CCC(C)(C)C(=O)OC1(C(C)C)CCCC1.CCC(C)(C)C(=O)OC12CC3CC(CC(O)(C3)C1)C2.CCC(C)(C)C(=O)OCC(=O)OC1C2CC3CC(C2)C(=O)OC1C3.CCC(C)(C)C(=O)OCCOC(=O)C12CCC(C)(C(=O)O1)C2(C)C.Cc1cc([S+](c2ccccc2)c2ccccc2)cc(C)c1OC(=O)C12CC3CC(CC(C3)C1)C2. The maximum absolute atomic E-state index is 13.6. The normalized spacial score (nSPS) is 32.6. The van der Waals surface area contributed by atoms with Gasteiger partial charge in [-0.3, -0.25) is 38.4 Å². The lowest BCUT2D eigenvalue weighted by Gasteiger charge is -2.62. The molecule has 0 radical (unpaired) electrons. The van der Waals surface area contributed by atoms with Crippen molar-refractivity contribution >= 4 is 70.6 Å². The lowest BCUT2D eigenvalue weighted by molar-refractivity contribution is -0.225. The van der Waals surface area contributed by atoms with Gasteiger partial charge in [-0.05, 0) is 403 Å². The maximum atomic E-state index is 13.6. The Hall–Kier alpha value is -7.33. The first kappa shape index (κ1) is 109. The van der Waals surface area contributed by atoms with E-state index >= 15 is 0 Å². The number of benzene rings is 3. The Labute approximate surface area is 834 Å². The molecule has 1 N–H and O–H groups in total. The van der Waals surface area contributed by atoms with Gasteiger partial charge in [0, 0.05) is 35.3 Å². The molecule has 772 valence electrons. The molecule has 19 fully saturated rings. The van der Waals surface area contributed by atoms with Crippen molar-refractivity contribution < 1.29 is 100 Å². The van der Waals surface area contributed by atoms with Gasteiger partial charge in [0.2, 0.25) is 5.60 Å². The van der Waals surface area contributed by atoms with Crippen molar-refractivity contribution in [1.29, 1.82) is 0 Å². The summed E-state index contributed by atoms with van der Waals surface area (Å²) < 4.78 is 56.5. The predicted octanol–water partition coefficient (Wildman–Crippen LogP) is 24.7. The zero-order valence-corrected chi connectivity index (χ0v) is 90.0. The molecular formula is C117H173O21S+. The summed E-state index contributed by atoms with van der Waals surface area (Å²) in [6, 6.07) is 25.9. The highest BCUT2D eigenvalue weighted by molar-refractivity contribution is 7.97. The molecule has 18 bridgehead atoms. The monoisotopic (exact) mass is 1950 g/mol. The van der Waals surface area contributed by atoms with Crippen molar-refractivity contribution in [3.8, 4) is 5.75 Å². The molecule has 16 saturated carbocycles. The highest BCUT2D eigenvalue weighted by atomic mass is 32.2. The summed E-state index contributed by atoms with van der Waals surface area (Å²) in [5.74, 6) is 5.44. The van der Waals surface area contributed by atoms with E-state index in [0.29, 0.717) is 55.8 Å². The van der Waals surface area contributed by atoms with Crippen LogP contribution in [0.4, 0.5) is 0 Å². The maximum Gasteiger partial charge on any atom is 0.351 e. The summed E-state index contributed by atoms with van der Waals surface area (Å²) in [6.45, 7) is 47.1. The highest BCUT2D eigenvalue weighted by Gasteiger charge is 2.77. The predicted molar refractivity (Wildman–Crippen MR) is 535 cm³/mol. The van der Waals surface area contributed by atoms with Crippen molar-refractivity contribution in [3.05, 3.63) is 83.9 Å². The van der Waals surface area contributed by atoms with Crippen LogP contribution < -0.4 is 4.74 Å². The van der Waals surface area contributed by atoms with Crippen LogP contribution >= 0.6 is 0 Å². The zero-order chi connectivity index (χ0) is 102. The van der Waals surface area contributed by atoms with Gasteiger partial charge >= 0.3 is 59.7 Å². The number of carbonyl (C=O) groups is 10. The van der Waals surface area contributed by atoms with Crippen LogP contribution in [0.1, 0.15) is 382 Å². The summed E-state index contributed by atoms with van der Waals surface area (Å²) >= 11 is 0. The molecule has 10 atom stereocenters. The van der Waals surface area contributed by atoms with Crippen LogP contribution in [0.5, 0.6) is 5.75 Å². The lowest BCUT2D eigenvalue weighted by Crippen LogP contribution is -2.61. The summed E-state index contributed by atoms with van der Waals surface area (Å²) in [7, 11) is -0.205. The topological polar surface area (TPSA) is 283 Å². The standard InChI is InChI=1S/C31H33O2S.C20H34O2.C18H26O6.C18H28O6.C16H26O3.C14H26O2/c1-21-13-28(34(26-9-5-3-6-10-26)27-11-7-4-8-12-27)14-22(2)29(21)33-30(32)31-18-23-15-24(19-31)17-25(16-23)20-31;1-6-18(3,4)17(21)22-19(5,7-2)20-11-14-8-15(12-20)10-16(9-14)13-20;1-4-18(2,3)17(21)22-9-14(19)24-15-11-5-10-6-12(8-11)16(20)23-13(15)7-10;1-7-15(2,3)12(19)22-10-11-23-14(21)18-9-8-17(6,13(20)24-18)16(18,4)5;1-4-14(2,3)13(17)19-16-8-11-5-12(9-16)7-15(18,6-11)10-16;1-6-13(4,5)12(15)16-14(11(2)3)9-7-8-10-14/h3-14,23-25H,15-20H2,1-2H3;14-16H,6-13H2,1-5H3;10-13,15H,4-9H2,1-3H3;7-11H2,1-6H3;11-12,18H,4-10H2,1-3H3;11H,6-10H2,1-5H3/q+1;;;;;. The van der Waals surface area contributed by atoms with Crippen LogP contribution in [0.3, 0.4) is 0 Å². The van der Waals surface area contributed by atoms with Gasteiger partial charge in [0.15, 0.2) is 21.3 Å². The first-order valence-corrected chi connectivity index (χ1v) is 55.1. The Balaban J connectivity index is 0.000000143. The summed E-state index contributed by atoms with van der Waals surface area (Å²) in [6.07, 6.45) is 33.8. The Bertz CT molecular complexity index is 4740. The van der Waals surface area contributed by atoms with E-state index in [-0.39, 0.29) is 129 Å². The number of fused-ring (bicyclic) bond motifs is 3. The van der Waals surface area contributed by atoms with Crippen molar-refractivity contribution in [3.63, 3.8) is 0 Å². The number of carbonyl (C=O) groups excluding carboxylic acids is 10. The Morgan fingerprint density at radius 3 is 1.38 bits per heavy atom. The van der Waals surface area contributed by atoms with Gasteiger partial charge in [-0.15, -0.1) is 0 Å². The molecule has 16 aliphatic carbocycles. The van der Waals surface area contributed by atoms with Gasteiger partial charge in [-0.2, -0.15) is 0 Å².